The number of aliphatic imine (C=N–C) groups is 1. The topological polar surface area (TPSA) is 24.4 Å². The maximum absolute atomic E-state index is 13.1. The van der Waals surface area contributed by atoms with E-state index in [1.807, 2.05) is 0 Å². The molecule has 1 saturated carbocycles. The maximum atomic E-state index is 13.1. The first kappa shape index (κ1) is 13.3. The summed E-state index contributed by atoms with van der Waals surface area (Å²) < 4.78 is 13.1. The predicted molar refractivity (Wildman–Crippen MR) is 80.7 cm³/mol. The predicted octanol–water partition coefficient (Wildman–Crippen LogP) is 4.55. The average Bonchev–Trinajstić information content (AvgIpc) is 2.86. The largest absolute Gasteiger partial charge is 0.335 e. The molecule has 3 rings (SSSR count). The summed E-state index contributed by atoms with van der Waals surface area (Å²) in [6.07, 6.45) is 5.29. The molecule has 1 spiro atoms. The Morgan fingerprint density at radius 1 is 1.32 bits per heavy atom. The van der Waals surface area contributed by atoms with Crippen molar-refractivity contribution < 1.29 is 4.39 Å². The van der Waals surface area contributed by atoms with Gasteiger partial charge in [-0.1, -0.05) is 36.2 Å². The van der Waals surface area contributed by atoms with Crippen LogP contribution in [0.4, 0.5) is 10.1 Å². The Labute approximate surface area is 121 Å². The fourth-order valence-electron chi connectivity index (χ4n) is 2.75. The lowest BCUT2D eigenvalue weighted by Gasteiger charge is -2.31. The van der Waals surface area contributed by atoms with Crippen molar-refractivity contribution in [3.05, 3.63) is 29.0 Å². The molecule has 0 bridgehead atoms. The van der Waals surface area contributed by atoms with Crippen LogP contribution < -0.4 is 5.32 Å². The minimum atomic E-state index is -0.393. The summed E-state index contributed by atoms with van der Waals surface area (Å²) in [4.78, 5) is 4.64. The highest BCUT2D eigenvalue weighted by Gasteiger charge is 2.36. The monoisotopic (exact) mass is 298 g/mol. The number of anilines is 1. The van der Waals surface area contributed by atoms with Gasteiger partial charge in [0.1, 0.15) is 5.82 Å². The standard InChI is InChI=1S/C14H16ClFN2S/c15-11-7-10(3-4-12(11)16)18-13-17-8-14(9-19-13)5-1-2-6-14/h3-4,7H,1-2,5-6,8-9H2,(H,17,18). The highest BCUT2D eigenvalue weighted by atomic mass is 35.5. The second kappa shape index (κ2) is 5.33. The van der Waals surface area contributed by atoms with Crippen LogP contribution in [0.15, 0.2) is 23.2 Å². The average molecular weight is 299 g/mol. The van der Waals surface area contributed by atoms with E-state index in [0.29, 0.717) is 5.41 Å². The minimum Gasteiger partial charge on any atom is -0.335 e. The minimum absolute atomic E-state index is 0.138. The van der Waals surface area contributed by atoms with Gasteiger partial charge in [0.15, 0.2) is 5.17 Å². The highest BCUT2D eigenvalue weighted by Crippen LogP contribution is 2.43. The van der Waals surface area contributed by atoms with Gasteiger partial charge in [0.05, 0.1) is 5.02 Å². The number of hydrogen-bond acceptors (Lipinski definition) is 3. The molecule has 1 aliphatic carbocycles. The van der Waals surface area contributed by atoms with E-state index < -0.39 is 5.82 Å². The van der Waals surface area contributed by atoms with E-state index >= 15 is 0 Å². The van der Waals surface area contributed by atoms with E-state index in [4.69, 9.17) is 11.6 Å². The molecule has 0 radical (unpaired) electrons. The highest BCUT2D eigenvalue weighted by molar-refractivity contribution is 8.14. The van der Waals surface area contributed by atoms with Gasteiger partial charge in [-0.2, -0.15) is 0 Å². The lowest BCUT2D eigenvalue weighted by Crippen LogP contribution is -2.30. The van der Waals surface area contributed by atoms with Crippen LogP contribution in [-0.4, -0.2) is 17.5 Å². The van der Waals surface area contributed by atoms with Gasteiger partial charge in [-0.3, -0.25) is 4.99 Å². The first-order chi connectivity index (χ1) is 9.17. The van der Waals surface area contributed by atoms with Crippen molar-refractivity contribution in [3.63, 3.8) is 0 Å². The third-order valence-corrected chi connectivity index (χ3v) is 5.46. The number of thioether (sulfide) groups is 1. The van der Waals surface area contributed by atoms with Gasteiger partial charge in [-0.25, -0.2) is 4.39 Å². The quantitative estimate of drug-likeness (QED) is 0.822. The fourth-order valence-corrected chi connectivity index (χ4v) is 4.10. The SMILES string of the molecule is Fc1ccc(NC2=NCC3(CCCC3)CS2)cc1Cl. The number of nitrogens with zero attached hydrogens (tertiary/aromatic N) is 1. The Bertz CT molecular complexity index is 512. The third-order valence-electron chi connectivity index (χ3n) is 3.91. The van der Waals surface area contributed by atoms with Crippen LogP contribution in [0.25, 0.3) is 0 Å². The molecule has 2 aliphatic rings. The summed E-state index contributed by atoms with van der Waals surface area (Å²) in [7, 11) is 0. The number of amidine groups is 1. The van der Waals surface area contributed by atoms with Gasteiger partial charge in [0.25, 0.3) is 0 Å². The van der Waals surface area contributed by atoms with Crippen molar-refractivity contribution in [1.29, 1.82) is 0 Å². The van der Waals surface area contributed by atoms with E-state index in [2.05, 4.69) is 10.3 Å². The van der Waals surface area contributed by atoms with E-state index in [9.17, 15) is 4.39 Å². The van der Waals surface area contributed by atoms with Crippen molar-refractivity contribution in [1.82, 2.24) is 0 Å². The number of rotatable bonds is 1. The number of hydrogen-bond donors (Lipinski definition) is 1. The van der Waals surface area contributed by atoms with Crippen molar-refractivity contribution in [2.24, 2.45) is 10.4 Å². The molecule has 5 heteroatoms. The van der Waals surface area contributed by atoms with Gasteiger partial charge in [0.2, 0.25) is 0 Å². The molecule has 1 aromatic rings. The molecule has 0 unspecified atom stereocenters. The molecule has 1 fully saturated rings. The summed E-state index contributed by atoms with van der Waals surface area (Å²) in [5.74, 6) is 0.740. The van der Waals surface area contributed by atoms with Crippen molar-refractivity contribution in [2.75, 3.05) is 17.6 Å². The molecule has 1 N–H and O–H groups in total. The Balaban J connectivity index is 1.67. The van der Waals surface area contributed by atoms with Gasteiger partial charge >= 0.3 is 0 Å². The van der Waals surface area contributed by atoms with Gasteiger partial charge < -0.3 is 5.32 Å². The molecule has 2 nitrogen and oxygen atoms in total. The van der Waals surface area contributed by atoms with Crippen molar-refractivity contribution in [2.45, 2.75) is 25.7 Å². The van der Waals surface area contributed by atoms with Gasteiger partial charge in [0, 0.05) is 18.0 Å². The summed E-state index contributed by atoms with van der Waals surface area (Å²) in [6, 6.07) is 4.65. The second-order valence-corrected chi connectivity index (χ2v) is 6.74. The van der Waals surface area contributed by atoms with Gasteiger partial charge in [-0.15, -0.1) is 0 Å². The zero-order chi connectivity index (χ0) is 13.3. The lowest BCUT2D eigenvalue weighted by atomic mass is 9.89. The zero-order valence-corrected chi connectivity index (χ0v) is 12.2. The molecule has 19 heavy (non-hydrogen) atoms. The van der Waals surface area contributed by atoms with E-state index in [0.717, 1.165) is 23.2 Å². The van der Waals surface area contributed by atoms with Crippen molar-refractivity contribution >= 4 is 34.2 Å². The van der Waals surface area contributed by atoms with Crippen LogP contribution in [0.2, 0.25) is 5.02 Å². The Morgan fingerprint density at radius 2 is 2.11 bits per heavy atom. The molecule has 0 saturated heterocycles. The normalized spacial score (nSPS) is 21.5. The maximum Gasteiger partial charge on any atom is 0.161 e. The van der Waals surface area contributed by atoms with E-state index in [1.54, 1.807) is 23.9 Å². The Kier molecular flexibility index (Phi) is 3.72. The van der Waals surface area contributed by atoms with Crippen LogP contribution >= 0.6 is 23.4 Å². The van der Waals surface area contributed by atoms with Crippen LogP contribution in [0.3, 0.4) is 0 Å². The molecule has 1 aromatic carbocycles. The Morgan fingerprint density at radius 3 is 2.74 bits per heavy atom. The van der Waals surface area contributed by atoms with Crippen LogP contribution in [0, 0.1) is 11.2 Å². The molecular formula is C14H16ClFN2S. The van der Waals surface area contributed by atoms with Crippen LogP contribution in [0.1, 0.15) is 25.7 Å². The van der Waals surface area contributed by atoms with E-state index in [-0.39, 0.29) is 5.02 Å². The molecular weight excluding hydrogens is 283 g/mol. The fraction of sp³-hybridized carbons (Fsp3) is 0.500. The summed E-state index contributed by atoms with van der Waals surface area (Å²) in [5, 5.41) is 4.27. The van der Waals surface area contributed by atoms with Gasteiger partial charge in [-0.05, 0) is 36.5 Å². The Hall–Kier alpha value is -0.740. The summed E-state index contributed by atoms with van der Waals surface area (Å²) >= 11 is 7.53. The summed E-state index contributed by atoms with van der Waals surface area (Å²) in [5.41, 5.74) is 1.23. The lowest BCUT2D eigenvalue weighted by molar-refractivity contribution is 0.359. The van der Waals surface area contributed by atoms with Crippen molar-refractivity contribution in [3.8, 4) is 0 Å². The molecule has 0 aromatic heterocycles. The number of nitrogens with one attached hydrogen (secondary N) is 1. The second-order valence-electron chi connectivity index (χ2n) is 5.37. The number of halogens is 2. The first-order valence-corrected chi connectivity index (χ1v) is 7.93. The molecule has 0 amide bonds. The van der Waals surface area contributed by atoms with Crippen LogP contribution in [-0.2, 0) is 0 Å². The molecule has 1 heterocycles. The molecule has 1 aliphatic heterocycles. The summed E-state index contributed by atoms with van der Waals surface area (Å²) in [6.45, 7) is 0.914. The number of benzene rings is 1. The zero-order valence-electron chi connectivity index (χ0n) is 10.6. The molecule has 0 atom stereocenters. The molecule has 102 valence electrons. The van der Waals surface area contributed by atoms with Crippen LogP contribution in [0.5, 0.6) is 0 Å². The first-order valence-electron chi connectivity index (χ1n) is 6.56. The third kappa shape index (κ3) is 2.90. The van der Waals surface area contributed by atoms with E-state index in [1.165, 1.54) is 31.7 Å². The smallest absolute Gasteiger partial charge is 0.161 e.